The van der Waals surface area contributed by atoms with Crippen molar-refractivity contribution in [2.75, 3.05) is 7.05 Å². The third kappa shape index (κ3) is 5.07. The highest BCUT2D eigenvalue weighted by atomic mass is 19.4. The molecule has 2 rings (SSSR count). The van der Waals surface area contributed by atoms with E-state index in [4.69, 9.17) is 0 Å². The molecule has 0 fully saturated rings. The maximum Gasteiger partial charge on any atom is 0.573 e. The lowest BCUT2D eigenvalue weighted by Crippen LogP contribution is -2.33. The predicted octanol–water partition coefficient (Wildman–Crippen LogP) is 3.73. The maximum atomic E-state index is 12.4. The zero-order chi connectivity index (χ0) is 18.6. The molecular formula is C18H16F3NO3. The largest absolute Gasteiger partial charge is 0.573 e. The summed E-state index contributed by atoms with van der Waals surface area (Å²) in [5, 5.41) is 0. The van der Waals surface area contributed by atoms with Crippen molar-refractivity contribution in [2.45, 2.75) is 19.8 Å². The first-order chi connectivity index (χ1) is 11.7. The van der Waals surface area contributed by atoms with Crippen molar-refractivity contribution in [3.63, 3.8) is 0 Å². The molecule has 132 valence electrons. The molecule has 7 heteroatoms. The second-order valence-electron chi connectivity index (χ2n) is 5.51. The van der Waals surface area contributed by atoms with Crippen LogP contribution < -0.4 is 4.74 Å². The highest BCUT2D eigenvalue weighted by Crippen LogP contribution is 2.27. The molecule has 0 aliphatic heterocycles. The fourth-order valence-corrected chi connectivity index (χ4v) is 2.19. The van der Waals surface area contributed by atoms with E-state index in [1.165, 1.54) is 37.4 Å². The highest BCUT2D eigenvalue weighted by Gasteiger charge is 2.32. The summed E-state index contributed by atoms with van der Waals surface area (Å²) in [4.78, 5) is 25.5. The van der Waals surface area contributed by atoms with Gasteiger partial charge in [-0.2, -0.15) is 0 Å². The molecule has 0 aliphatic rings. The topological polar surface area (TPSA) is 46.6 Å². The van der Waals surface area contributed by atoms with Crippen molar-refractivity contribution in [2.24, 2.45) is 0 Å². The monoisotopic (exact) mass is 351 g/mol. The summed E-state index contributed by atoms with van der Waals surface area (Å²) >= 11 is 0. The number of amides is 1. The smallest absolute Gasteiger partial charge is 0.405 e. The summed E-state index contributed by atoms with van der Waals surface area (Å²) < 4.78 is 41.3. The number of likely N-dealkylation sites (N-methyl/N-ethyl adjacent to an activating group) is 1. The van der Waals surface area contributed by atoms with Crippen molar-refractivity contribution in [3.8, 4) is 5.75 Å². The van der Waals surface area contributed by atoms with Crippen LogP contribution in [-0.2, 0) is 11.3 Å². The number of para-hydroxylation sites is 1. The van der Waals surface area contributed by atoms with Crippen LogP contribution in [0.25, 0.3) is 0 Å². The third-order valence-electron chi connectivity index (χ3n) is 3.46. The number of ether oxygens (including phenoxy) is 1. The average Bonchev–Trinajstić information content (AvgIpc) is 2.54. The molecule has 0 aromatic heterocycles. The lowest BCUT2D eigenvalue weighted by atomic mass is 10.1. The second kappa shape index (κ2) is 7.38. The summed E-state index contributed by atoms with van der Waals surface area (Å²) in [6.07, 6.45) is -4.84. The van der Waals surface area contributed by atoms with Crippen LogP contribution in [0.1, 0.15) is 21.5 Å². The van der Waals surface area contributed by atoms with E-state index in [1.54, 1.807) is 12.1 Å². The van der Waals surface area contributed by atoms with Gasteiger partial charge in [0, 0.05) is 24.7 Å². The Bertz CT molecular complexity index is 770. The summed E-state index contributed by atoms with van der Waals surface area (Å²) in [6.45, 7) is 1.66. The summed E-state index contributed by atoms with van der Waals surface area (Å²) in [7, 11) is 1.35. The normalized spacial score (nSPS) is 11.1. The molecule has 0 N–H and O–H groups in total. The SMILES string of the molecule is Cc1ccc(C(=O)C(=O)N(C)Cc2ccccc2OC(F)(F)F)cc1. The highest BCUT2D eigenvalue weighted by molar-refractivity contribution is 6.42. The number of aryl methyl sites for hydroxylation is 1. The number of carbonyl (C=O) groups is 2. The van der Waals surface area contributed by atoms with Crippen LogP contribution in [0, 0.1) is 6.92 Å². The zero-order valence-electron chi connectivity index (χ0n) is 13.6. The Morgan fingerprint density at radius 2 is 1.64 bits per heavy atom. The zero-order valence-corrected chi connectivity index (χ0v) is 13.6. The van der Waals surface area contributed by atoms with E-state index in [2.05, 4.69) is 4.74 Å². The van der Waals surface area contributed by atoms with Crippen molar-refractivity contribution < 1.29 is 27.5 Å². The lowest BCUT2D eigenvalue weighted by molar-refractivity contribution is -0.275. The number of benzene rings is 2. The van der Waals surface area contributed by atoms with Crippen LogP contribution >= 0.6 is 0 Å². The minimum Gasteiger partial charge on any atom is -0.405 e. The molecule has 1 amide bonds. The van der Waals surface area contributed by atoms with E-state index in [1.807, 2.05) is 6.92 Å². The summed E-state index contributed by atoms with van der Waals surface area (Å²) in [5.41, 5.74) is 1.31. The van der Waals surface area contributed by atoms with Gasteiger partial charge >= 0.3 is 6.36 Å². The number of halogens is 3. The number of alkyl halides is 3. The van der Waals surface area contributed by atoms with E-state index in [0.717, 1.165) is 16.5 Å². The Balaban J connectivity index is 2.14. The number of rotatable bonds is 5. The Hall–Kier alpha value is -2.83. The van der Waals surface area contributed by atoms with Gasteiger partial charge < -0.3 is 9.64 Å². The van der Waals surface area contributed by atoms with E-state index >= 15 is 0 Å². The van der Waals surface area contributed by atoms with Gasteiger partial charge in [-0.25, -0.2) is 0 Å². The maximum absolute atomic E-state index is 12.4. The number of nitrogens with zero attached hydrogens (tertiary/aromatic N) is 1. The minimum absolute atomic E-state index is 0.146. The lowest BCUT2D eigenvalue weighted by Gasteiger charge is -2.19. The standard InChI is InChI=1S/C18H16F3NO3/c1-12-7-9-13(10-8-12)16(23)17(24)22(2)11-14-5-3-4-6-15(14)25-18(19,20)21/h3-10H,11H2,1-2H3. The van der Waals surface area contributed by atoms with Gasteiger partial charge in [0.15, 0.2) is 0 Å². The first kappa shape index (κ1) is 18.5. The second-order valence-corrected chi connectivity index (χ2v) is 5.51. The Morgan fingerprint density at radius 3 is 2.24 bits per heavy atom. The minimum atomic E-state index is -4.84. The van der Waals surface area contributed by atoms with Gasteiger partial charge in [0.05, 0.1) is 0 Å². The molecule has 0 saturated heterocycles. The molecule has 0 atom stereocenters. The third-order valence-corrected chi connectivity index (χ3v) is 3.46. The van der Waals surface area contributed by atoms with Gasteiger partial charge in [-0.1, -0.05) is 48.0 Å². The Labute approximate surface area is 142 Å². The van der Waals surface area contributed by atoms with Crippen LogP contribution in [-0.4, -0.2) is 30.0 Å². The van der Waals surface area contributed by atoms with Gasteiger partial charge in [-0.05, 0) is 13.0 Å². The molecule has 0 saturated carbocycles. The number of ketones is 1. The fraction of sp³-hybridized carbons (Fsp3) is 0.222. The van der Waals surface area contributed by atoms with Crippen molar-refractivity contribution in [3.05, 3.63) is 65.2 Å². The number of hydrogen-bond acceptors (Lipinski definition) is 3. The van der Waals surface area contributed by atoms with E-state index in [9.17, 15) is 22.8 Å². The molecule has 0 heterocycles. The van der Waals surface area contributed by atoms with Gasteiger partial charge in [-0.15, -0.1) is 13.2 Å². The van der Waals surface area contributed by atoms with Crippen molar-refractivity contribution in [1.82, 2.24) is 4.90 Å². The quantitative estimate of drug-likeness (QED) is 0.609. The molecule has 4 nitrogen and oxygen atoms in total. The van der Waals surface area contributed by atoms with Gasteiger partial charge in [-0.3, -0.25) is 9.59 Å². The summed E-state index contributed by atoms with van der Waals surface area (Å²) in [5.74, 6) is -1.94. The molecule has 0 spiro atoms. The fourth-order valence-electron chi connectivity index (χ4n) is 2.19. The van der Waals surface area contributed by atoms with Crippen LogP contribution in [0.2, 0.25) is 0 Å². The molecule has 2 aromatic carbocycles. The van der Waals surface area contributed by atoms with Gasteiger partial charge in [0.2, 0.25) is 5.78 Å². The van der Waals surface area contributed by atoms with Gasteiger partial charge in [0.25, 0.3) is 5.91 Å². The molecule has 0 bridgehead atoms. The molecular weight excluding hydrogens is 335 g/mol. The Kier molecular flexibility index (Phi) is 5.46. The molecule has 0 aliphatic carbocycles. The summed E-state index contributed by atoms with van der Waals surface area (Å²) in [6, 6.07) is 11.9. The van der Waals surface area contributed by atoms with Crippen molar-refractivity contribution >= 4 is 11.7 Å². The van der Waals surface area contributed by atoms with Crippen molar-refractivity contribution in [1.29, 1.82) is 0 Å². The van der Waals surface area contributed by atoms with Crippen LogP contribution in [0.5, 0.6) is 5.75 Å². The average molecular weight is 351 g/mol. The first-order valence-electron chi connectivity index (χ1n) is 7.37. The number of hydrogen-bond donors (Lipinski definition) is 0. The first-order valence-corrected chi connectivity index (χ1v) is 7.37. The molecule has 0 radical (unpaired) electrons. The van der Waals surface area contributed by atoms with Gasteiger partial charge in [0.1, 0.15) is 5.75 Å². The van der Waals surface area contributed by atoms with Crippen LogP contribution in [0.15, 0.2) is 48.5 Å². The predicted molar refractivity (Wildman–Crippen MR) is 85.1 cm³/mol. The number of carbonyl (C=O) groups excluding carboxylic acids is 2. The van der Waals surface area contributed by atoms with E-state index < -0.39 is 23.8 Å². The molecule has 25 heavy (non-hydrogen) atoms. The number of Topliss-reactive ketones (excluding diaryl/α,β-unsaturated/α-hetero) is 1. The molecule has 0 unspecified atom stereocenters. The van der Waals surface area contributed by atoms with Crippen LogP contribution in [0.3, 0.4) is 0 Å². The van der Waals surface area contributed by atoms with Crippen LogP contribution in [0.4, 0.5) is 13.2 Å². The van der Waals surface area contributed by atoms with E-state index in [-0.39, 0.29) is 17.7 Å². The molecule has 2 aromatic rings. The Morgan fingerprint density at radius 1 is 1.04 bits per heavy atom. The van der Waals surface area contributed by atoms with E-state index in [0.29, 0.717) is 0 Å².